The normalized spacial score (nSPS) is 10.2. The van der Waals surface area contributed by atoms with Gasteiger partial charge in [0.2, 0.25) is 11.8 Å². The van der Waals surface area contributed by atoms with Crippen LogP contribution in [0.3, 0.4) is 0 Å². The third-order valence-corrected chi connectivity index (χ3v) is 3.08. The molecular weight excluding hydrogens is 240 g/mol. The van der Waals surface area contributed by atoms with Crippen molar-refractivity contribution < 1.29 is 14.0 Å². The maximum absolute atomic E-state index is 11.7. The standard InChI is InChI=1S/C11H16N2O3S/c1-13(7-9-3-2-5-16-9)11(15)4-6-17-8-10(12)14/h2-3,5H,4,6-8H2,1H3,(H2,12,14). The number of hydrogen-bond acceptors (Lipinski definition) is 4. The lowest BCUT2D eigenvalue weighted by atomic mass is 10.3. The topological polar surface area (TPSA) is 76.5 Å². The van der Waals surface area contributed by atoms with Crippen LogP contribution in [-0.2, 0) is 16.1 Å². The Morgan fingerprint density at radius 3 is 2.88 bits per heavy atom. The van der Waals surface area contributed by atoms with E-state index in [4.69, 9.17) is 10.2 Å². The third-order valence-electron chi connectivity index (χ3n) is 2.10. The average molecular weight is 256 g/mol. The van der Waals surface area contributed by atoms with Crippen LogP contribution >= 0.6 is 11.8 Å². The Labute approximate surface area is 104 Å². The molecular formula is C11H16N2O3S. The Kier molecular flexibility index (Phi) is 5.62. The van der Waals surface area contributed by atoms with Gasteiger partial charge in [-0.05, 0) is 12.1 Å². The van der Waals surface area contributed by atoms with Gasteiger partial charge in [0.25, 0.3) is 0 Å². The van der Waals surface area contributed by atoms with Crippen LogP contribution in [-0.4, -0.2) is 35.3 Å². The molecule has 94 valence electrons. The predicted octanol–water partition coefficient (Wildman–Crippen LogP) is 0.847. The number of rotatable bonds is 7. The first-order chi connectivity index (χ1) is 8.09. The van der Waals surface area contributed by atoms with E-state index in [9.17, 15) is 9.59 Å². The molecule has 0 aliphatic carbocycles. The van der Waals surface area contributed by atoms with Gasteiger partial charge in [-0.2, -0.15) is 11.8 Å². The van der Waals surface area contributed by atoms with Crippen molar-refractivity contribution in [2.24, 2.45) is 5.73 Å². The molecule has 0 saturated heterocycles. The van der Waals surface area contributed by atoms with Crippen LogP contribution in [0.4, 0.5) is 0 Å². The minimum Gasteiger partial charge on any atom is -0.467 e. The van der Waals surface area contributed by atoms with Crippen molar-refractivity contribution in [1.29, 1.82) is 0 Å². The largest absolute Gasteiger partial charge is 0.467 e. The zero-order valence-electron chi connectivity index (χ0n) is 9.72. The molecule has 5 nitrogen and oxygen atoms in total. The smallest absolute Gasteiger partial charge is 0.227 e. The van der Waals surface area contributed by atoms with Crippen LogP contribution in [0.25, 0.3) is 0 Å². The summed E-state index contributed by atoms with van der Waals surface area (Å²) in [6.07, 6.45) is 1.98. The second-order valence-electron chi connectivity index (χ2n) is 3.60. The molecule has 0 atom stereocenters. The van der Waals surface area contributed by atoms with Crippen LogP contribution in [0.2, 0.25) is 0 Å². The summed E-state index contributed by atoms with van der Waals surface area (Å²) in [6.45, 7) is 0.465. The Morgan fingerprint density at radius 2 is 2.29 bits per heavy atom. The number of furan rings is 1. The second kappa shape index (κ2) is 7.01. The lowest BCUT2D eigenvalue weighted by molar-refractivity contribution is -0.130. The summed E-state index contributed by atoms with van der Waals surface area (Å²) >= 11 is 1.37. The van der Waals surface area contributed by atoms with Gasteiger partial charge in [-0.3, -0.25) is 9.59 Å². The lowest BCUT2D eigenvalue weighted by Gasteiger charge is -2.15. The van der Waals surface area contributed by atoms with Crippen LogP contribution in [0, 0.1) is 0 Å². The van der Waals surface area contributed by atoms with E-state index < -0.39 is 0 Å². The van der Waals surface area contributed by atoms with Crippen LogP contribution in [0.5, 0.6) is 0 Å². The molecule has 0 bridgehead atoms. The Bertz CT molecular complexity index is 365. The number of carbonyl (C=O) groups excluding carboxylic acids is 2. The van der Waals surface area contributed by atoms with Gasteiger partial charge in [-0.15, -0.1) is 0 Å². The van der Waals surface area contributed by atoms with Crippen LogP contribution < -0.4 is 5.73 Å². The minimum absolute atomic E-state index is 0.0263. The first-order valence-corrected chi connectivity index (χ1v) is 6.37. The van der Waals surface area contributed by atoms with E-state index in [-0.39, 0.29) is 17.6 Å². The summed E-state index contributed by atoms with van der Waals surface area (Å²) in [5.41, 5.74) is 4.99. The van der Waals surface area contributed by atoms with Crippen molar-refractivity contribution in [3.05, 3.63) is 24.2 Å². The summed E-state index contributed by atoms with van der Waals surface area (Å²) < 4.78 is 5.15. The SMILES string of the molecule is CN(Cc1ccco1)C(=O)CCSCC(N)=O. The number of nitrogens with zero attached hydrogens (tertiary/aromatic N) is 1. The molecule has 0 spiro atoms. The molecule has 1 aromatic rings. The van der Waals surface area contributed by atoms with Gasteiger partial charge in [0.1, 0.15) is 5.76 Å². The van der Waals surface area contributed by atoms with Crippen molar-refractivity contribution in [1.82, 2.24) is 4.90 Å². The lowest BCUT2D eigenvalue weighted by Crippen LogP contribution is -2.26. The maximum Gasteiger partial charge on any atom is 0.227 e. The molecule has 0 saturated carbocycles. The van der Waals surface area contributed by atoms with Crippen molar-refractivity contribution >= 4 is 23.6 Å². The molecule has 2 amide bonds. The number of primary amides is 1. The molecule has 1 aromatic heterocycles. The number of hydrogen-bond donors (Lipinski definition) is 1. The van der Waals surface area contributed by atoms with Crippen molar-refractivity contribution in [3.63, 3.8) is 0 Å². The third kappa shape index (κ3) is 5.44. The van der Waals surface area contributed by atoms with E-state index in [2.05, 4.69) is 0 Å². The minimum atomic E-state index is -0.355. The van der Waals surface area contributed by atoms with Gasteiger partial charge in [-0.1, -0.05) is 0 Å². The molecule has 0 aliphatic rings. The molecule has 1 rings (SSSR count). The monoisotopic (exact) mass is 256 g/mol. The zero-order chi connectivity index (χ0) is 12.7. The van der Waals surface area contributed by atoms with E-state index in [0.29, 0.717) is 18.7 Å². The maximum atomic E-state index is 11.7. The summed E-state index contributed by atoms with van der Waals surface area (Å²) in [6, 6.07) is 3.61. The van der Waals surface area contributed by atoms with Crippen LogP contribution in [0.15, 0.2) is 22.8 Å². The highest BCUT2D eigenvalue weighted by atomic mass is 32.2. The summed E-state index contributed by atoms with van der Waals surface area (Å²) in [7, 11) is 1.73. The quantitative estimate of drug-likeness (QED) is 0.734. The first kappa shape index (κ1) is 13.6. The van der Waals surface area contributed by atoms with Crippen molar-refractivity contribution in [3.8, 4) is 0 Å². The number of thioether (sulfide) groups is 1. The number of amides is 2. The molecule has 0 aromatic carbocycles. The average Bonchev–Trinajstić information content (AvgIpc) is 2.76. The molecule has 1 heterocycles. The van der Waals surface area contributed by atoms with E-state index in [0.717, 1.165) is 5.76 Å². The summed E-state index contributed by atoms with van der Waals surface area (Å²) in [4.78, 5) is 23.8. The zero-order valence-corrected chi connectivity index (χ0v) is 10.5. The Hall–Kier alpha value is -1.43. The van der Waals surface area contributed by atoms with Gasteiger partial charge in [-0.25, -0.2) is 0 Å². The molecule has 2 N–H and O–H groups in total. The van der Waals surface area contributed by atoms with Gasteiger partial charge < -0.3 is 15.1 Å². The van der Waals surface area contributed by atoms with Gasteiger partial charge in [0, 0.05) is 19.2 Å². The first-order valence-electron chi connectivity index (χ1n) is 5.22. The van der Waals surface area contributed by atoms with Gasteiger partial charge in [0.15, 0.2) is 0 Å². The number of carbonyl (C=O) groups is 2. The van der Waals surface area contributed by atoms with Gasteiger partial charge in [0.05, 0.1) is 18.6 Å². The fourth-order valence-corrected chi connectivity index (χ4v) is 1.91. The fourth-order valence-electron chi connectivity index (χ4n) is 1.25. The van der Waals surface area contributed by atoms with E-state index >= 15 is 0 Å². The highest BCUT2D eigenvalue weighted by Crippen LogP contribution is 2.07. The summed E-state index contributed by atoms with van der Waals surface area (Å²) in [5, 5.41) is 0. The van der Waals surface area contributed by atoms with Crippen LogP contribution in [0.1, 0.15) is 12.2 Å². The highest BCUT2D eigenvalue weighted by molar-refractivity contribution is 7.99. The summed E-state index contributed by atoms with van der Waals surface area (Å²) in [5.74, 6) is 1.29. The highest BCUT2D eigenvalue weighted by Gasteiger charge is 2.10. The molecule has 0 aliphatic heterocycles. The second-order valence-corrected chi connectivity index (χ2v) is 4.70. The Morgan fingerprint density at radius 1 is 1.53 bits per heavy atom. The Balaban J connectivity index is 2.20. The van der Waals surface area contributed by atoms with Crippen molar-refractivity contribution in [2.45, 2.75) is 13.0 Å². The van der Waals surface area contributed by atoms with E-state index in [1.807, 2.05) is 6.07 Å². The molecule has 0 fully saturated rings. The molecule has 17 heavy (non-hydrogen) atoms. The fraction of sp³-hybridized carbons (Fsp3) is 0.455. The predicted molar refractivity (Wildman–Crippen MR) is 66.3 cm³/mol. The molecule has 6 heteroatoms. The molecule has 0 radical (unpaired) electrons. The van der Waals surface area contributed by atoms with Gasteiger partial charge >= 0.3 is 0 Å². The van der Waals surface area contributed by atoms with E-state index in [1.54, 1.807) is 24.3 Å². The van der Waals surface area contributed by atoms with Crippen molar-refractivity contribution in [2.75, 3.05) is 18.6 Å². The molecule has 0 unspecified atom stereocenters. The van der Waals surface area contributed by atoms with E-state index in [1.165, 1.54) is 11.8 Å². The number of nitrogens with two attached hydrogens (primary N) is 1.